The molecule has 1 saturated heterocycles. The zero-order chi connectivity index (χ0) is 24.1. The molecule has 0 atom stereocenters. The molecule has 0 aliphatic carbocycles. The fourth-order valence-corrected chi connectivity index (χ4v) is 4.41. The van der Waals surface area contributed by atoms with Gasteiger partial charge in [0.25, 0.3) is 0 Å². The maximum absolute atomic E-state index is 13.8. The summed E-state index contributed by atoms with van der Waals surface area (Å²) in [5, 5.41) is 11.0. The topological polar surface area (TPSA) is 81.1 Å². The van der Waals surface area contributed by atoms with E-state index in [4.69, 9.17) is 27.9 Å². The van der Waals surface area contributed by atoms with Crippen LogP contribution in [0.1, 0.15) is 37.8 Å². The number of aromatic nitrogens is 3. The molecule has 0 saturated carbocycles. The molecule has 1 aliphatic heterocycles. The Morgan fingerprint density at radius 3 is 2.82 bits per heavy atom. The Hall–Kier alpha value is -2.68. The molecule has 0 spiro atoms. The molecule has 180 valence electrons. The molecule has 1 amide bonds. The molecule has 1 fully saturated rings. The van der Waals surface area contributed by atoms with Gasteiger partial charge in [0.05, 0.1) is 23.9 Å². The number of hydrogen-bond acceptors (Lipinski definition) is 5. The maximum atomic E-state index is 13.8. The summed E-state index contributed by atoms with van der Waals surface area (Å²) in [4.78, 5) is 16.4. The van der Waals surface area contributed by atoms with Crippen LogP contribution in [0.4, 0.5) is 10.2 Å². The van der Waals surface area contributed by atoms with Crippen molar-refractivity contribution in [3.8, 4) is 16.9 Å². The average Bonchev–Trinajstić information content (AvgIpc) is 3.35. The van der Waals surface area contributed by atoms with Gasteiger partial charge < -0.3 is 15.4 Å². The summed E-state index contributed by atoms with van der Waals surface area (Å²) >= 11 is 12.3. The lowest BCUT2D eigenvalue weighted by molar-refractivity contribution is -0.115. The second kappa shape index (κ2) is 11.2. The Bertz CT molecular complexity index is 1160. The summed E-state index contributed by atoms with van der Waals surface area (Å²) in [5.41, 5.74) is 2.18. The molecule has 10 heteroatoms. The SMILES string of the molecule is CCC(=O)Nc1ncc(-c2cnn(C3CCNCC3)c2)cc1OCCc1c(Cl)ccc(F)c1Cl. The van der Waals surface area contributed by atoms with Crippen LogP contribution in [-0.4, -0.2) is 40.4 Å². The number of rotatable bonds is 8. The Morgan fingerprint density at radius 1 is 1.26 bits per heavy atom. The molecule has 2 N–H and O–H groups in total. The third kappa shape index (κ3) is 5.68. The van der Waals surface area contributed by atoms with Gasteiger partial charge in [-0.2, -0.15) is 5.10 Å². The van der Waals surface area contributed by atoms with E-state index in [0.717, 1.165) is 37.1 Å². The largest absolute Gasteiger partial charge is 0.489 e. The number of benzene rings is 1. The number of carbonyl (C=O) groups is 1. The van der Waals surface area contributed by atoms with Gasteiger partial charge in [0.2, 0.25) is 5.91 Å². The number of halogens is 3. The molecule has 1 aliphatic rings. The van der Waals surface area contributed by atoms with Crippen LogP contribution in [-0.2, 0) is 11.2 Å². The average molecular weight is 506 g/mol. The van der Waals surface area contributed by atoms with E-state index in [2.05, 4.69) is 20.7 Å². The minimum Gasteiger partial charge on any atom is -0.489 e. The first kappa shape index (κ1) is 24.4. The number of ether oxygens (including phenoxy) is 1. The number of nitrogens with zero attached hydrogens (tertiary/aromatic N) is 3. The second-order valence-electron chi connectivity index (χ2n) is 8.08. The van der Waals surface area contributed by atoms with Crippen LogP contribution >= 0.6 is 23.2 Å². The Balaban J connectivity index is 1.55. The minimum absolute atomic E-state index is 0.0205. The van der Waals surface area contributed by atoms with Crippen LogP contribution in [0.3, 0.4) is 0 Å². The van der Waals surface area contributed by atoms with Gasteiger partial charge >= 0.3 is 0 Å². The molecule has 0 radical (unpaired) electrons. The fraction of sp³-hybridized carbons (Fsp3) is 0.375. The van der Waals surface area contributed by atoms with E-state index in [0.29, 0.717) is 34.6 Å². The quantitative estimate of drug-likeness (QED) is 0.406. The van der Waals surface area contributed by atoms with E-state index >= 15 is 0 Å². The summed E-state index contributed by atoms with van der Waals surface area (Å²) in [6.07, 6.45) is 8.14. The zero-order valence-corrected chi connectivity index (χ0v) is 20.3. The second-order valence-corrected chi connectivity index (χ2v) is 8.87. The Kier molecular flexibility index (Phi) is 8.03. The fourth-order valence-electron chi connectivity index (χ4n) is 3.85. The number of nitrogens with one attached hydrogen (secondary N) is 2. The normalized spacial score (nSPS) is 14.2. The summed E-state index contributed by atoms with van der Waals surface area (Å²) in [6, 6.07) is 4.87. The number of piperidine rings is 1. The standard InChI is InChI=1S/C24H26Cl2FN5O2/c1-2-22(33)31-24-21(34-10-7-18-19(25)3-4-20(27)23(18)26)11-15(12-29-24)16-13-30-32(14-16)17-5-8-28-9-6-17/h3-4,11-14,17,28H,2,5-10H2,1H3,(H,29,31,33). The van der Waals surface area contributed by atoms with Crippen molar-refractivity contribution in [1.29, 1.82) is 0 Å². The lowest BCUT2D eigenvalue weighted by Crippen LogP contribution is -2.29. The molecule has 3 aromatic rings. The highest BCUT2D eigenvalue weighted by Gasteiger charge is 2.18. The van der Waals surface area contributed by atoms with Crippen molar-refractivity contribution in [3.63, 3.8) is 0 Å². The third-order valence-corrected chi connectivity index (χ3v) is 6.56. The van der Waals surface area contributed by atoms with E-state index in [1.807, 2.05) is 16.9 Å². The highest BCUT2D eigenvalue weighted by atomic mass is 35.5. The van der Waals surface area contributed by atoms with Crippen LogP contribution in [0, 0.1) is 5.82 Å². The highest BCUT2D eigenvalue weighted by molar-refractivity contribution is 6.36. The predicted octanol–water partition coefficient (Wildman–Crippen LogP) is 5.29. The minimum atomic E-state index is -0.536. The number of pyridine rings is 1. The van der Waals surface area contributed by atoms with E-state index in [1.54, 1.807) is 19.3 Å². The lowest BCUT2D eigenvalue weighted by Gasteiger charge is -2.22. The van der Waals surface area contributed by atoms with Gasteiger partial charge in [-0.15, -0.1) is 0 Å². The van der Waals surface area contributed by atoms with E-state index in [9.17, 15) is 9.18 Å². The van der Waals surface area contributed by atoms with Crippen molar-refractivity contribution in [2.75, 3.05) is 25.0 Å². The molecular formula is C24H26Cl2FN5O2. The summed E-state index contributed by atoms with van der Waals surface area (Å²) in [6.45, 7) is 3.87. The first-order valence-electron chi connectivity index (χ1n) is 11.3. The van der Waals surface area contributed by atoms with Crippen LogP contribution < -0.4 is 15.4 Å². The van der Waals surface area contributed by atoms with Crippen molar-refractivity contribution in [3.05, 3.63) is 58.2 Å². The van der Waals surface area contributed by atoms with Crippen LogP contribution in [0.2, 0.25) is 10.0 Å². The number of amides is 1. The van der Waals surface area contributed by atoms with Gasteiger partial charge in [0, 0.05) is 41.4 Å². The molecule has 1 aromatic carbocycles. The van der Waals surface area contributed by atoms with E-state index in [-0.39, 0.29) is 24.0 Å². The molecule has 34 heavy (non-hydrogen) atoms. The summed E-state index contributed by atoms with van der Waals surface area (Å²) < 4.78 is 21.8. The van der Waals surface area contributed by atoms with Gasteiger partial charge in [0.15, 0.2) is 11.6 Å². The van der Waals surface area contributed by atoms with Crippen molar-refractivity contribution in [2.24, 2.45) is 0 Å². The maximum Gasteiger partial charge on any atom is 0.225 e. The van der Waals surface area contributed by atoms with Gasteiger partial charge in [-0.1, -0.05) is 30.1 Å². The molecule has 2 aromatic heterocycles. The summed E-state index contributed by atoms with van der Waals surface area (Å²) in [5.74, 6) is 0.00165. The van der Waals surface area contributed by atoms with Crippen LogP contribution in [0.25, 0.3) is 11.1 Å². The monoisotopic (exact) mass is 505 g/mol. The van der Waals surface area contributed by atoms with Crippen molar-refractivity contribution in [2.45, 2.75) is 38.6 Å². The van der Waals surface area contributed by atoms with Crippen molar-refractivity contribution >= 4 is 34.9 Å². The van der Waals surface area contributed by atoms with Gasteiger partial charge in [-0.3, -0.25) is 9.48 Å². The molecule has 0 bridgehead atoms. The number of anilines is 1. The molecule has 4 rings (SSSR count). The highest BCUT2D eigenvalue weighted by Crippen LogP contribution is 2.31. The van der Waals surface area contributed by atoms with Crippen LogP contribution in [0.5, 0.6) is 5.75 Å². The van der Waals surface area contributed by atoms with E-state index < -0.39 is 5.82 Å². The molecule has 3 heterocycles. The van der Waals surface area contributed by atoms with Gasteiger partial charge in [0.1, 0.15) is 5.82 Å². The first-order valence-corrected chi connectivity index (χ1v) is 12.0. The third-order valence-electron chi connectivity index (χ3n) is 5.80. The van der Waals surface area contributed by atoms with Crippen molar-refractivity contribution < 1.29 is 13.9 Å². The first-order chi connectivity index (χ1) is 16.5. The van der Waals surface area contributed by atoms with Gasteiger partial charge in [-0.05, 0) is 49.7 Å². The number of hydrogen-bond donors (Lipinski definition) is 2. The molecule has 0 unspecified atom stereocenters. The number of carbonyl (C=O) groups excluding carboxylic acids is 1. The van der Waals surface area contributed by atoms with Crippen LogP contribution in [0.15, 0.2) is 36.8 Å². The predicted molar refractivity (Wildman–Crippen MR) is 131 cm³/mol. The van der Waals surface area contributed by atoms with E-state index in [1.165, 1.54) is 12.1 Å². The summed E-state index contributed by atoms with van der Waals surface area (Å²) in [7, 11) is 0. The van der Waals surface area contributed by atoms with Crippen molar-refractivity contribution in [1.82, 2.24) is 20.1 Å². The molecule has 7 nitrogen and oxygen atoms in total. The van der Waals surface area contributed by atoms with Gasteiger partial charge in [-0.25, -0.2) is 9.37 Å². The lowest BCUT2D eigenvalue weighted by atomic mass is 10.1. The molecular weight excluding hydrogens is 480 g/mol. The Morgan fingerprint density at radius 2 is 2.06 bits per heavy atom. The smallest absolute Gasteiger partial charge is 0.225 e. The Labute approximate surface area is 207 Å². The zero-order valence-electron chi connectivity index (χ0n) is 18.8.